The third-order valence-corrected chi connectivity index (χ3v) is 1.02. The Morgan fingerprint density at radius 1 is 1.80 bits per heavy atom. The van der Waals surface area contributed by atoms with Gasteiger partial charge < -0.3 is 9.47 Å². The molecule has 3 heteroatoms. The number of esters is 1. The fourth-order valence-corrected chi connectivity index (χ4v) is 0.585. The lowest BCUT2D eigenvalue weighted by Gasteiger charge is -1.94. The zero-order valence-electron chi connectivity index (χ0n) is 5.66. The SMILES string of the molecule is C/C=C/OC1=CCOC1=O. The molecule has 0 aromatic heterocycles. The molecule has 1 aliphatic rings. The molecule has 0 saturated heterocycles. The first-order chi connectivity index (χ1) is 4.84. The van der Waals surface area contributed by atoms with Gasteiger partial charge in [0.15, 0.2) is 0 Å². The number of ether oxygens (including phenoxy) is 2. The summed E-state index contributed by atoms with van der Waals surface area (Å²) in [7, 11) is 0. The molecule has 10 heavy (non-hydrogen) atoms. The summed E-state index contributed by atoms with van der Waals surface area (Å²) in [4.78, 5) is 10.6. The van der Waals surface area contributed by atoms with E-state index in [0.717, 1.165) is 0 Å². The van der Waals surface area contributed by atoms with E-state index in [4.69, 9.17) is 4.74 Å². The first kappa shape index (κ1) is 6.86. The number of carbonyl (C=O) groups is 1. The average Bonchev–Trinajstić information content (AvgIpc) is 2.31. The molecule has 0 atom stereocenters. The molecule has 0 spiro atoms. The second-order valence-corrected chi connectivity index (χ2v) is 1.75. The smallest absolute Gasteiger partial charge is 0.374 e. The molecule has 54 valence electrons. The van der Waals surface area contributed by atoms with Gasteiger partial charge in [0.25, 0.3) is 0 Å². The van der Waals surface area contributed by atoms with Crippen LogP contribution in [0.2, 0.25) is 0 Å². The molecule has 0 aromatic carbocycles. The summed E-state index contributed by atoms with van der Waals surface area (Å²) in [6.45, 7) is 2.13. The highest BCUT2D eigenvalue weighted by molar-refractivity contribution is 5.88. The van der Waals surface area contributed by atoms with Crippen molar-refractivity contribution in [1.82, 2.24) is 0 Å². The molecule has 0 radical (unpaired) electrons. The van der Waals surface area contributed by atoms with E-state index >= 15 is 0 Å². The van der Waals surface area contributed by atoms with Gasteiger partial charge in [-0.25, -0.2) is 4.79 Å². The normalized spacial score (nSPS) is 17.3. The maximum absolute atomic E-state index is 10.6. The van der Waals surface area contributed by atoms with Crippen LogP contribution in [0.15, 0.2) is 24.2 Å². The summed E-state index contributed by atoms with van der Waals surface area (Å²) >= 11 is 0. The van der Waals surface area contributed by atoms with Crippen molar-refractivity contribution in [3.8, 4) is 0 Å². The highest BCUT2D eigenvalue weighted by Crippen LogP contribution is 2.07. The van der Waals surface area contributed by atoms with Crippen LogP contribution in [0.3, 0.4) is 0 Å². The summed E-state index contributed by atoms with van der Waals surface area (Å²) in [6, 6.07) is 0. The van der Waals surface area contributed by atoms with E-state index < -0.39 is 5.97 Å². The zero-order valence-corrected chi connectivity index (χ0v) is 5.66. The van der Waals surface area contributed by atoms with E-state index in [1.54, 1.807) is 19.1 Å². The third kappa shape index (κ3) is 1.37. The predicted octanol–water partition coefficient (Wildman–Crippen LogP) is 0.977. The maximum Gasteiger partial charge on any atom is 0.374 e. The average molecular weight is 140 g/mol. The van der Waals surface area contributed by atoms with Crippen LogP contribution in [0.4, 0.5) is 0 Å². The summed E-state index contributed by atoms with van der Waals surface area (Å²) in [5.41, 5.74) is 0. The van der Waals surface area contributed by atoms with Crippen LogP contribution in [0.25, 0.3) is 0 Å². The molecule has 0 aliphatic carbocycles. The third-order valence-electron chi connectivity index (χ3n) is 1.02. The summed E-state index contributed by atoms with van der Waals surface area (Å²) in [6.07, 6.45) is 4.74. The first-order valence-corrected chi connectivity index (χ1v) is 2.99. The van der Waals surface area contributed by atoms with Gasteiger partial charge in [-0.15, -0.1) is 0 Å². The molecule has 0 bridgehead atoms. The van der Waals surface area contributed by atoms with Gasteiger partial charge in [-0.1, -0.05) is 6.08 Å². The van der Waals surface area contributed by atoms with E-state index in [1.807, 2.05) is 0 Å². The van der Waals surface area contributed by atoms with Crippen molar-refractivity contribution < 1.29 is 14.3 Å². The molecule has 0 N–H and O–H groups in total. The molecular formula is C7H8O3. The van der Waals surface area contributed by atoms with Gasteiger partial charge in [0.05, 0.1) is 6.26 Å². The van der Waals surface area contributed by atoms with Gasteiger partial charge in [0.1, 0.15) is 6.61 Å². The molecule has 0 aromatic rings. The van der Waals surface area contributed by atoms with Crippen molar-refractivity contribution in [1.29, 1.82) is 0 Å². The largest absolute Gasteiger partial charge is 0.458 e. The van der Waals surface area contributed by atoms with Gasteiger partial charge in [0, 0.05) is 6.08 Å². The van der Waals surface area contributed by atoms with Crippen LogP contribution in [0.5, 0.6) is 0 Å². The highest BCUT2D eigenvalue weighted by atomic mass is 16.6. The summed E-state index contributed by atoms with van der Waals surface area (Å²) in [5.74, 6) is -0.115. The lowest BCUT2D eigenvalue weighted by Crippen LogP contribution is -1.99. The molecule has 3 nitrogen and oxygen atoms in total. The van der Waals surface area contributed by atoms with Crippen LogP contribution in [-0.2, 0) is 14.3 Å². The van der Waals surface area contributed by atoms with Crippen molar-refractivity contribution in [2.45, 2.75) is 6.92 Å². The molecule has 0 unspecified atom stereocenters. The van der Waals surface area contributed by atoms with E-state index in [-0.39, 0.29) is 5.76 Å². The maximum atomic E-state index is 10.6. The van der Waals surface area contributed by atoms with Crippen LogP contribution in [0.1, 0.15) is 6.92 Å². The predicted molar refractivity (Wildman–Crippen MR) is 34.9 cm³/mol. The second-order valence-electron chi connectivity index (χ2n) is 1.75. The Morgan fingerprint density at radius 2 is 2.60 bits per heavy atom. The minimum atomic E-state index is -0.391. The quantitative estimate of drug-likeness (QED) is 0.423. The van der Waals surface area contributed by atoms with Gasteiger partial charge in [0.2, 0.25) is 5.76 Å². The lowest BCUT2D eigenvalue weighted by molar-refractivity contribution is -0.138. The Labute approximate surface area is 58.9 Å². The monoisotopic (exact) mass is 140 g/mol. The van der Waals surface area contributed by atoms with Crippen molar-refractivity contribution >= 4 is 5.97 Å². The minimum absolute atomic E-state index is 0.276. The zero-order chi connectivity index (χ0) is 7.40. The van der Waals surface area contributed by atoms with E-state index in [0.29, 0.717) is 6.61 Å². The number of carbonyl (C=O) groups excluding carboxylic acids is 1. The molecule has 0 saturated carbocycles. The van der Waals surface area contributed by atoms with Gasteiger partial charge in [-0.2, -0.15) is 0 Å². The van der Waals surface area contributed by atoms with E-state index in [1.165, 1.54) is 6.26 Å². The number of hydrogen-bond donors (Lipinski definition) is 0. The fourth-order valence-electron chi connectivity index (χ4n) is 0.585. The standard InChI is InChI=1S/C7H8O3/c1-2-4-9-6-3-5-10-7(6)8/h2-4H,5H2,1H3/b4-2+. The Balaban J connectivity index is 2.47. The molecule has 1 aliphatic heterocycles. The Kier molecular flexibility index (Phi) is 2.10. The molecule has 1 heterocycles. The van der Waals surface area contributed by atoms with Gasteiger partial charge >= 0.3 is 5.97 Å². The summed E-state index contributed by atoms with van der Waals surface area (Å²) < 4.78 is 9.44. The second kappa shape index (κ2) is 3.06. The molecule has 0 fully saturated rings. The highest BCUT2D eigenvalue weighted by Gasteiger charge is 2.16. The molecule has 0 amide bonds. The first-order valence-electron chi connectivity index (χ1n) is 2.99. The number of cyclic esters (lactones) is 1. The topological polar surface area (TPSA) is 35.5 Å². The van der Waals surface area contributed by atoms with Gasteiger partial charge in [-0.3, -0.25) is 0 Å². The Morgan fingerprint density at radius 3 is 3.10 bits per heavy atom. The minimum Gasteiger partial charge on any atom is -0.458 e. The van der Waals surface area contributed by atoms with E-state index in [9.17, 15) is 4.79 Å². The summed E-state index contributed by atoms with van der Waals surface area (Å²) in [5, 5.41) is 0. The van der Waals surface area contributed by atoms with E-state index in [2.05, 4.69) is 4.74 Å². The lowest BCUT2D eigenvalue weighted by atomic mass is 10.5. The molecule has 1 rings (SSSR count). The number of rotatable bonds is 2. The van der Waals surface area contributed by atoms with Crippen molar-refractivity contribution in [3.05, 3.63) is 24.2 Å². The number of hydrogen-bond acceptors (Lipinski definition) is 3. The molecular weight excluding hydrogens is 132 g/mol. The fraction of sp³-hybridized carbons (Fsp3) is 0.286. The Bertz CT molecular complexity index is 191. The van der Waals surface area contributed by atoms with Crippen LogP contribution >= 0.6 is 0 Å². The van der Waals surface area contributed by atoms with Crippen LogP contribution < -0.4 is 0 Å². The van der Waals surface area contributed by atoms with Crippen molar-refractivity contribution in [2.24, 2.45) is 0 Å². The van der Waals surface area contributed by atoms with Crippen LogP contribution in [-0.4, -0.2) is 12.6 Å². The van der Waals surface area contributed by atoms with Crippen molar-refractivity contribution in [3.63, 3.8) is 0 Å². The number of allylic oxidation sites excluding steroid dienone is 1. The van der Waals surface area contributed by atoms with Crippen molar-refractivity contribution in [2.75, 3.05) is 6.61 Å². The Hall–Kier alpha value is -1.25. The van der Waals surface area contributed by atoms with Gasteiger partial charge in [-0.05, 0) is 6.92 Å². The van der Waals surface area contributed by atoms with Crippen LogP contribution in [0, 0.1) is 0 Å².